The molecule has 0 aliphatic heterocycles. The maximum Gasteiger partial charge on any atom is 0.357 e. The molecule has 0 aliphatic rings. The van der Waals surface area contributed by atoms with Gasteiger partial charge in [0, 0.05) is 21.8 Å². The van der Waals surface area contributed by atoms with Gasteiger partial charge in [-0.2, -0.15) is 21.1 Å². The number of benzene rings is 5. The number of fused-ring (bicyclic) bond motifs is 2. The number of hydrogen-bond donors (Lipinski definition) is 5. The molecule has 1 unspecified atom stereocenters. The number of carbonyl (C=O) groups is 2. The number of nitrogens with two attached hydrogens (primary N) is 3. The molecule has 0 bridgehead atoms. The van der Waals surface area contributed by atoms with Gasteiger partial charge in [-0.05, 0) is 53.9 Å². The quantitative estimate of drug-likeness (QED) is 0.0614. The highest BCUT2D eigenvalue weighted by atomic mass is 32.2. The zero-order chi connectivity index (χ0) is 31.4. The minimum absolute atomic E-state index is 0.0852. The Morgan fingerprint density at radius 2 is 1.32 bits per heavy atom. The summed E-state index contributed by atoms with van der Waals surface area (Å²) in [7, 11) is 0. The summed E-state index contributed by atoms with van der Waals surface area (Å²) in [4.78, 5) is 32.4. The van der Waals surface area contributed by atoms with Crippen LogP contribution >= 0.6 is 0 Å². The number of nitrogens with zero attached hydrogens (tertiary/aromatic N) is 4. The van der Waals surface area contributed by atoms with Gasteiger partial charge in [-0.25, -0.2) is 9.59 Å². The van der Waals surface area contributed by atoms with Crippen molar-refractivity contribution in [3.63, 3.8) is 0 Å². The van der Waals surface area contributed by atoms with Gasteiger partial charge in [-0.1, -0.05) is 30.3 Å². The first-order chi connectivity index (χ1) is 21.2. The molecule has 5 aromatic carbocycles. The van der Waals surface area contributed by atoms with Crippen molar-refractivity contribution >= 4 is 73.3 Å². The fraction of sp³-hybridized carbons (Fsp3) is 0. The summed E-state index contributed by atoms with van der Waals surface area (Å²) in [6, 6.07) is 20.2. The number of aromatic hydroxyl groups is 1. The standard InChI is InChI=1S/C28H21N7O8S/c29-17-6-5-14-12-24(43-44(39)40)25(26(36)21(14)13-17)35-34-23-8-7-22(19-3-1-2-4-20(19)23)33-32-18-10-15(27(37)41-30)9-16(11-18)28(38)42-31/h1-13,36H,29-31H2,(H,39,40). The van der Waals surface area contributed by atoms with E-state index in [0.717, 1.165) is 0 Å². The van der Waals surface area contributed by atoms with Crippen molar-refractivity contribution in [2.75, 3.05) is 5.73 Å². The lowest BCUT2D eigenvalue weighted by Gasteiger charge is -2.10. The molecule has 0 spiro atoms. The van der Waals surface area contributed by atoms with E-state index in [1.165, 1.54) is 30.3 Å². The van der Waals surface area contributed by atoms with E-state index in [-0.39, 0.29) is 34.0 Å². The molecule has 0 saturated heterocycles. The molecule has 222 valence electrons. The van der Waals surface area contributed by atoms with E-state index in [2.05, 4.69) is 30.1 Å². The summed E-state index contributed by atoms with van der Waals surface area (Å²) in [6.07, 6.45) is 0. The lowest BCUT2D eigenvalue weighted by molar-refractivity contribution is 0.0501. The van der Waals surface area contributed by atoms with Crippen molar-refractivity contribution in [2.45, 2.75) is 0 Å². The largest absolute Gasteiger partial charge is 0.505 e. The molecule has 0 amide bonds. The van der Waals surface area contributed by atoms with E-state index in [1.807, 2.05) is 0 Å². The highest BCUT2D eigenvalue weighted by molar-refractivity contribution is 7.74. The third-order valence-corrected chi connectivity index (χ3v) is 6.57. The number of anilines is 1. The fourth-order valence-corrected chi connectivity index (χ4v) is 4.57. The van der Waals surface area contributed by atoms with Crippen LogP contribution in [0.4, 0.5) is 28.4 Å². The maximum absolute atomic E-state index is 12.0. The molecule has 5 rings (SSSR count). The molecular weight excluding hydrogens is 594 g/mol. The van der Waals surface area contributed by atoms with Crippen LogP contribution in [0.3, 0.4) is 0 Å². The van der Waals surface area contributed by atoms with Crippen LogP contribution in [0.1, 0.15) is 20.7 Å². The van der Waals surface area contributed by atoms with Crippen LogP contribution < -0.4 is 21.7 Å². The Morgan fingerprint density at radius 3 is 1.89 bits per heavy atom. The lowest BCUT2D eigenvalue weighted by atomic mass is 10.1. The molecule has 15 nitrogen and oxygen atoms in total. The van der Waals surface area contributed by atoms with Crippen molar-refractivity contribution in [1.82, 2.24) is 0 Å². The van der Waals surface area contributed by atoms with Gasteiger partial charge in [0.1, 0.15) is 0 Å². The highest BCUT2D eigenvalue weighted by Crippen LogP contribution is 2.45. The number of phenolic OH excluding ortho intramolecular Hbond substituents is 1. The van der Waals surface area contributed by atoms with Gasteiger partial charge in [0.25, 0.3) is 0 Å². The van der Waals surface area contributed by atoms with Crippen LogP contribution in [0.2, 0.25) is 0 Å². The first kappa shape index (κ1) is 29.7. The number of azo groups is 2. The van der Waals surface area contributed by atoms with Crippen molar-refractivity contribution < 1.29 is 37.3 Å². The molecule has 1 atom stereocenters. The summed E-state index contributed by atoms with van der Waals surface area (Å²) < 4.78 is 25.8. The first-order valence-corrected chi connectivity index (χ1v) is 13.4. The van der Waals surface area contributed by atoms with Gasteiger partial charge < -0.3 is 24.7 Å². The molecule has 0 heterocycles. The molecule has 0 aromatic heterocycles. The molecule has 16 heteroatoms. The fourth-order valence-electron chi connectivity index (χ4n) is 4.29. The molecule has 5 aromatic rings. The van der Waals surface area contributed by atoms with Crippen LogP contribution in [-0.4, -0.2) is 25.8 Å². The van der Waals surface area contributed by atoms with Gasteiger partial charge >= 0.3 is 23.3 Å². The van der Waals surface area contributed by atoms with Crippen molar-refractivity contribution in [1.29, 1.82) is 0 Å². The van der Waals surface area contributed by atoms with Gasteiger partial charge in [0.2, 0.25) is 0 Å². The van der Waals surface area contributed by atoms with E-state index in [9.17, 15) is 23.5 Å². The van der Waals surface area contributed by atoms with Crippen LogP contribution in [0.15, 0.2) is 99.3 Å². The second-order valence-electron chi connectivity index (χ2n) is 8.98. The normalized spacial score (nSPS) is 12.2. The zero-order valence-corrected chi connectivity index (χ0v) is 23.1. The van der Waals surface area contributed by atoms with Gasteiger partial charge in [0.05, 0.1) is 28.2 Å². The zero-order valence-electron chi connectivity index (χ0n) is 22.3. The van der Waals surface area contributed by atoms with E-state index in [4.69, 9.17) is 21.7 Å². The van der Waals surface area contributed by atoms with E-state index in [1.54, 1.807) is 48.5 Å². The number of phenols is 1. The van der Waals surface area contributed by atoms with Crippen LogP contribution in [-0.2, 0) is 21.0 Å². The number of carbonyl (C=O) groups excluding carboxylic acids is 2. The predicted octanol–water partition coefficient (Wildman–Crippen LogP) is 5.69. The third kappa shape index (κ3) is 6.18. The lowest BCUT2D eigenvalue weighted by Crippen LogP contribution is -2.13. The Labute approximate surface area is 250 Å². The van der Waals surface area contributed by atoms with Crippen LogP contribution in [0.25, 0.3) is 21.5 Å². The molecule has 44 heavy (non-hydrogen) atoms. The summed E-state index contributed by atoms with van der Waals surface area (Å²) in [5, 5.41) is 29.8. The van der Waals surface area contributed by atoms with E-state index >= 15 is 0 Å². The summed E-state index contributed by atoms with van der Waals surface area (Å²) in [5.41, 5.74) is 6.72. The molecule has 0 saturated carbocycles. The number of rotatable bonds is 8. The maximum atomic E-state index is 12.0. The van der Waals surface area contributed by atoms with Gasteiger partial charge in [-0.15, -0.1) is 15.3 Å². The summed E-state index contributed by atoms with van der Waals surface area (Å²) in [6.45, 7) is 0. The van der Waals surface area contributed by atoms with Crippen LogP contribution in [0, 0.1) is 0 Å². The monoisotopic (exact) mass is 615 g/mol. The van der Waals surface area contributed by atoms with Crippen molar-refractivity contribution in [3.05, 3.63) is 90.0 Å². The second kappa shape index (κ2) is 12.6. The summed E-state index contributed by atoms with van der Waals surface area (Å²) in [5.74, 6) is 7.56. The Hall–Kier alpha value is -5.81. The van der Waals surface area contributed by atoms with E-state index in [0.29, 0.717) is 38.6 Å². The average molecular weight is 616 g/mol. The topological polar surface area (TPSA) is 247 Å². The molecule has 0 radical (unpaired) electrons. The highest BCUT2D eigenvalue weighted by Gasteiger charge is 2.18. The summed E-state index contributed by atoms with van der Waals surface area (Å²) >= 11 is -2.71. The first-order valence-electron chi connectivity index (χ1n) is 12.4. The van der Waals surface area contributed by atoms with Gasteiger partial charge in [0.15, 0.2) is 17.2 Å². The smallest absolute Gasteiger partial charge is 0.357 e. The number of hydrogen-bond acceptors (Lipinski definition) is 14. The Bertz CT molecular complexity index is 2000. The third-order valence-electron chi connectivity index (χ3n) is 6.25. The van der Waals surface area contributed by atoms with Crippen molar-refractivity contribution in [2.24, 2.45) is 32.3 Å². The predicted molar refractivity (Wildman–Crippen MR) is 159 cm³/mol. The Kier molecular flexibility index (Phi) is 8.49. The molecular formula is C28H21N7O8S. The second-order valence-corrected chi connectivity index (χ2v) is 9.58. The average Bonchev–Trinajstić information content (AvgIpc) is 3.03. The SMILES string of the molecule is NOC(=O)c1cc(N=Nc2ccc(N=Nc3c(OS(=O)O)cc4ccc(N)cc4c3O)c3ccccc23)cc(C(=O)ON)c1. The minimum atomic E-state index is -2.71. The molecule has 8 N–H and O–H groups in total. The van der Waals surface area contributed by atoms with Gasteiger partial charge in [-0.3, -0.25) is 4.55 Å². The Morgan fingerprint density at radius 1 is 0.727 bits per heavy atom. The minimum Gasteiger partial charge on any atom is -0.505 e. The van der Waals surface area contributed by atoms with E-state index < -0.39 is 23.3 Å². The molecule has 0 aliphatic carbocycles. The Balaban J connectivity index is 1.56. The molecule has 0 fully saturated rings. The van der Waals surface area contributed by atoms with Crippen molar-refractivity contribution in [3.8, 4) is 11.5 Å². The van der Waals surface area contributed by atoms with Crippen LogP contribution in [0.5, 0.6) is 11.5 Å². The number of nitrogen functional groups attached to an aromatic ring is 1.